The van der Waals surface area contributed by atoms with Crippen LogP contribution >= 0.6 is 35.1 Å². The number of nitriles is 1. The number of benzene rings is 1. The highest BCUT2D eigenvalue weighted by molar-refractivity contribution is 8.01. The molecule has 0 bridgehead atoms. The van der Waals surface area contributed by atoms with Crippen LogP contribution in [-0.4, -0.2) is 15.6 Å². The number of nitrogens with zero attached hydrogens (tertiary/aromatic N) is 3. The summed E-state index contributed by atoms with van der Waals surface area (Å²) in [4.78, 5) is 6.36. The van der Waals surface area contributed by atoms with Gasteiger partial charge in [0.25, 0.3) is 0 Å². The molecular formula is C12H11N3S3. The maximum atomic E-state index is 9.25. The third kappa shape index (κ3) is 2.86. The van der Waals surface area contributed by atoms with E-state index in [-0.39, 0.29) is 0 Å². The number of hydrogen-bond donors (Lipinski definition) is 0. The fourth-order valence-corrected chi connectivity index (χ4v) is 3.81. The lowest BCUT2D eigenvalue weighted by Gasteiger charge is -2.04. The van der Waals surface area contributed by atoms with Crippen LogP contribution in [0.1, 0.15) is 18.3 Å². The molecule has 0 amide bonds. The fraction of sp³-hybridized carbons (Fsp3) is 0.250. The van der Waals surface area contributed by atoms with Gasteiger partial charge in [-0.2, -0.15) is 9.64 Å². The fourth-order valence-electron chi connectivity index (χ4n) is 1.39. The quantitative estimate of drug-likeness (QED) is 0.801. The maximum absolute atomic E-state index is 9.25. The van der Waals surface area contributed by atoms with Gasteiger partial charge in [-0.25, -0.2) is 4.98 Å². The molecule has 18 heavy (non-hydrogen) atoms. The molecule has 92 valence electrons. The van der Waals surface area contributed by atoms with E-state index < -0.39 is 0 Å². The smallest absolute Gasteiger partial charge is 0.174 e. The summed E-state index contributed by atoms with van der Waals surface area (Å²) < 4.78 is 5.14. The van der Waals surface area contributed by atoms with E-state index in [0.717, 1.165) is 31.9 Å². The van der Waals surface area contributed by atoms with Crippen LogP contribution in [0.25, 0.3) is 0 Å². The monoisotopic (exact) mass is 293 g/mol. The van der Waals surface area contributed by atoms with Gasteiger partial charge in [0, 0.05) is 16.2 Å². The Kier molecular flexibility index (Phi) is 4.64. The predicted octanol–water partition coefficient (Wildman–Crippen LogP) is 3.85. The third-order valence-electron chi connectivity index (χ3n) is 2.28. The van der Waals surface area contributed by atoms with Crippen molar-refractivity contribution >= 4 is 35.1 Å². The topological polar surface area (TPSA) is 49.6 Å². The zero-order valence-electron chi connectivity index (χ0n) is 10.0. The largest absolute Gasteiger partial charge is 0.213 e. The lowest BCUT2D eigenvalue weighted by molar-refractivity contribution is 0.971. The zero-order chi connectivity index (χ0) is 13.0. The van der Waals surface area contributed by atoms with Crippen molar-refractivity contribution in [1.82, 2.24) is 9.36 Å². The molecule has 0 spiro atoms. The number of thioether (sulfide) groups is 1. The van der Waals surface area contributed by atoms with E-state index in [1.807, 2.05) is 31.4 Å². The van der Waals surface area contributed by atoms with Crippen LogP contribution in [0.4, 0.5) is 0 Å². The van der Waals surface area contributed by atoms with E-state index >= 15 is 0 Å². The second kappa shape index (κ2) is 6.23. The number of aromatic nitrogens is 2. The standard InChI is InChI=1S/C12H11N3S3/c1-3-11-14-12(18-15-11)17-10-6-4-5-9(16-2)8(10)7-13/h4-6H,3H2,1-2H3. The van der Waals surface area contributed by atoms with Crippen molar-refractivity contribution in [1.29, 1.82) is 5.26 Å². The van der Waals surface area contributed by atoms with Crippen molar-refractivity contribution in [2.24, 2.45) is 0 Å². The predicted molar refractivity (Wildman–Crippen MR) is 76.3 cm³/mol. The molecule has 2 rings (SSSR count). The summed E-state index contributed by atoms with van der Waals surface area (Å²) in [5.74, 6) is 0.863. The first-order valence-corrected chi connectivity index (χ1v) is 8.17. The summed E-state index contributed by atoms with van der Waals surface area (Å²) in [6.07, 6.45) is 2.82. The highest BCUT2D eigenvalue weighted by Gasteiger charge is 2.11. The third-order valence-corrected chi connectivity index (χ3v) is 4.91. The number of aryl methyl sites for hydroxylation is 1. The summed E-state index contributed by atoms with van der Waals surface area (Å²) in [5, 5.41) is 9.25. The molecule has 6 heteroatoms. The first-order valence-electron chi connectivity index (χ1n) is 5.36. The van der Waals surface area contributed by atoms with Crippen LogP contribution in [0, 0.1) is 11.3 Å². The summed E-state index contributed by atoms with van der Waals surface area (Å²) in [5.41, 5.74) is 0.725. The molecule has 0 atom stereocenters. The Hall–Kier alpha value is -1.03. The molecule has 1 heterocycles. The zero-order valence-corrected chi connectivity index (χ0v) is 12.5. The molecule has 0 aliphatic carbocycles. The van der Waals surface area contributed by atoms with E-state index in [4.69, 9.17) is 0 Å². The van der Waals surface area contributed by atoms with Gasteiger partial charge in [-0.1, -0.05) is 24.8 Å². The lowest BCUT2D eigenvalue weighted by Crippen LogP contribution is -1.85. The molecule has 0 fully saturated rings. The van der Waals surface area contributed by atoms with Gasteiger partial charge in [0.15, 0.2) is 4.34 Å². The maximum Gasteiger partial charge on any atom is 0.174 e. The second-order valence-corrected chi connectivity index (χ2v) is 6.27. The molecule has 0 aliphatic rings. The number of hydrogen-bond acceptors (Lipinski definition) is 6. The van der Waals surface area contributed by atoms with E-state index in [1.54, 1.807) is 11.8 Å². The van der Waals surface area contributed by atoms with Gasteiger partial charge < -0.3 is 0 Å². The van der Waals surface area contributed by atoms with Crippen LogP contribution < -0.4 is 0 Å². The Morgan fingerprint density at radius 2 is 2.17 bits per heavy atom. The molecule has 1 aromatic carbocycles. The molecule has 0 saturated carbocycles. The van der Waals surface area contributed by atoms with Crippen LogP contribution in [0.5, 0.6) is 0 Å². The van der Waals surface area contributed by atoms with Crippen LogP contribution in [0.2, 0.25) is 0 Å². The normalized spacial score (nSPS) is 10.3. The Morgan fingerprint density at radius 1 is 1.39 bits per heavy atom. The van der Waals surface area contributed by atoms with Crippen LogP contribution in [-0.2, 0) is 6.42 Å². The van der Waals surface area contributed by atoms with Crippen molar-refractivity contribution in [2.45, 2.75) is 27.5 Å². The van der Waals surface area contributed by atoms with Gasteiger partial charge in [-0.15, -0.1) is 11.8 Å². The van der Waals surface area contributed by atoms with Gasteiger partial charge >= 0.3 is 0 Å². The van der Waals surface area contributed by atoms with Crippen molar-refractivity contribution < 1.29 is 0 Å². The Morgan fingerprint density at radius 3 is 2.78 bits per heavy atom. The highest BCUT2D eigenvalue weighted by Crippen LogP contribution is 2.35. The molecule has 0 N–H and O–H groups in total. The molecule has 0 aliphatic heterocycles. The molecule has 0 saturated heterocycles. The van der Waals surface area contributed by atoms with Crippen molar-refractivity contribution in [2.75, 3.05) is 6.26 Å². The Bertz CT molecular complexity index is 586. The minimum absolute atomic E-state index is 0.725. The average molecular weight is 293 g/mol. The molecule has 0 radical (unpaired) electrons. The van der Waals surface area contributed by atoms with E-state index in [2.05, 4.69) is 15.4 Å². The Balaban J connectivity index is 2.31. The minimum Gasteiger partial charge on any atom is -0.213 e. The first kappa shape index (κ1) is 13.4. The van der Waals surface area contributed by atoms with Crippen LogP contribution in [0.3, 0.4) is 0 Å². The molecule has 2 aromatic rings. The van der Waals surface area contributed by atoms with Gasteiger partial charge in [0.2, 0.25) is 0 Å². The van der Waals surface area contributed by atoms with E-state index in [9.17, 15) is 5.26 Å². The van der Waals surface area contributed by atoms with Gasteiger partial charge in [0.05, 0.1) is 5.56 Å². The summed E-state index contributed by atoms with van der Waals surface area (Å²) >= 11 is 4.49. The van der Waals surface area contributed by atoms with Gasteiger partial charge in [0.1, 0.15) is 11.9 Å². The second-order valence-electron chi connectivity index (χ2n) is 3.38. The molecule has 3 nitrogen and oxygen atoms in total. The van der Waals surface area contributed by atoms with Crippen molar-refractivity contribution in [3.63, 3.8) is 0 Å². The van der Waals surface area contributed by atoms with Crippen molar-refractivity contribution in [3.8, 4) is 6.07 Å². The van der Waals surface area contributed by atoms with E-state index in [1.165, 1.54) is 23.3 Å². The molecule has 0 unspecified atom stereocenters. The number of rotatable bonds is 4. The highest BCUT2D eigenvalue weighted by atomic mass is 32.2. The molecule has 1 aromatic heterocycles. The Labute approximate surface area is 119 Å². The summed E-state index contributed by atoms with van der Waals surface area (Å²) in [6, 6.07) is 8.16. The van der Waals surface area contributed by atoms with Gasteiger partial charge in [-0.3, -0.25) is 0 Å². The van der Waals surface area contributed by atoms with E-state index in [0.29, 0.717) is 0 Å². The van der Waals surface area contributed by atoms with Crippen molar-refractivity contribution in [3.05, 3.63) is 29.6 Å². The molecular weight excluding hydrogens is 282 g/mol. The SMILES string of the molecule is CCc1nsc(Sc2cccc(SC)c2C#N)n1. The first-order chi connectivity index (χ1) is 8.78. The summed E-state index contributed by atoms with van der Waals surface area (Å²) in [7, 11) is 0. The lowest BCUT2D eigenvalue weighted by atomic mass is 10.2. The van der Waals surface area contributed by atoms with Crippen LogP contribution in [0.15, 0.2) is 32.3 Å². The average Bonchev–Trinajstić information content (AvgIpc) is 2.86. The van der Waals surface area contributed by atoms with Gasteiger partial charge in [-0.05, 0) is 29.9 Å². The summed E-state index contributed by atoms with van der Waals surface area (Å²) in [6.45, 7) is 2.03. The minimum atomic E-state index is 0.725.